The Balaban J connectivity index is 2.18. The highest BCUT2D eigenvalue weighted by molar-refractivity contribution is 6.08. The summed E-state index contributed by atoms with van der Waals surface area (Å²) in [6.07, 6.45) is 3.17. The number of fused-ring (bicyclic) bond motifs is 3. The maximum atomic E-state index is 13.7. The van der Waals surface area contributed by atoms with Crippen LogP contribution < -0.4 is 5.32 Å². The van der Waals surface area contributed by atoms with Crippen LogP contribution in [0.4, 0.5) is 5.69 Å². The van der Waals surface area contributed by atoms with E-state index in [0.717, 1.165) is 17.7 Å². The summed E-state index contributed by atoms with van der Waals surface area (Å²) in [4.78, 5) is 30.5. The second-order valence-corrected chi connectivity index (χ2v) is 8.41. The van der Waals surface area contributed by atoms with Gasteiger partial charge >= 0.3 is 5.54 Å². The molecule has 1 N–H and O–H groups in total. The van der Waals surface area contributed by atoms with Crippen LogP contribution in [0.5, 0.6) is 0 Å². The molecule has 0 aromatic heterocycles. The second kappa shape index (κ2) is 4.60. The molecule has 25 heavy (non-hydrogen) atoms. The van der Waals surface area contributed by atoms with Crippen molar-refractivity contribution in [2.24, 2.45) is 16.7 Å². The van der Waals surface area contributed by atoms with E-state index in [4.69, 9.17) is 6.57 Å². The van der Waals surface area contributed by atoms with Gasteiger partial charge in [0.1, 0.15) is 0 Å². The molecule has 3 aliphatic rings. The fourth-order valence-electron chi connectivity index (χ4n) is 5.48. The smallest absolute Gasteiger partial charge is 0.323 e. The minimum atomic E-state index is -1.30. The van der Waals surface area contributed by atoms with Crippen LogP contribution in [-0.4, -0.2) is 11.7 Å². The van der Waals surface area contributed by atoms with E-state index < -0.39 is 22.3 Å². The quantitative estimate of drug-likeness (QED) is 0.622. The van der Waals surface area contributed by atoms with Crippen molar-refractivity contribution in [2.75, 3.05) is 5.32 Å². The van der Waals surface area contributed by atoms with Gasteiger partial charge in [0.2, 0.25) is 11.7 Å². The molecule has 128 valence electrons. The number of benzene rings is 1. The molecule has 0 saturated heterocycles. The minimum absolute atomic E-state index is 0.0447. The molecule has 1 fully saturated rings. The zero-order chi connectivity index (χ0) is 18.2. The van der Waals surface area contributed by atoms with Crippen LogP contribution >= 0.6 is 0 Å². The molecular weight excluding hydrogens is 312 g/mol. The van der Waals surface area contributed by atoms with Crippen LogP contribution in [0, 0.1) is 23.3 Å². The first-order valence-electron chi connectivity index (χ1n) is 8.75. The lowest BCUT2D eigenvalue weighted by Gasteiger charge is -2.45. The molecule has 1 heterocycles. The molecule has 4 unspecified atom stereocenters. The summed E-state index contributed by atoms with van der Waals surface area (Å²) in [5.74, 6) is -0.822. The molecule has 2 aliphatic carbocycles. The first-order valence-corrected chi connectivity index (χ1v) is 8.75. The minimum Gasteiger partial charge on any atom is -0.325 e. The molecular formula is C21H22N2O2. The summed E-state index contributed by atoms with van der Waals surface area (Å²) in [5.41, 5.74) is -0.187. The van der Waals surface area contributed by atoms with Gasteiger partial charge in [0.15, 0.2) is 0 Å². The van der Waals surface area contributed by atoms with Gasteiger partial charge in [-0.1, -0.05) is 26.0 Å². The third kappa shape index (κ3) is 1.57. The number of anilines is 1. The van der Waals surface area contributed by atoms with Gasteiger partial charge in [-0.05, 0) is 37.3 Å². The van der Waals surface area contributed by atoms with E-state index in [1.165, 1.54) is 0 Å². The maximum absolute atomic E-state index is 13.7. The third-order valence-electron chi connectivity index (χ3n) is 7.02. The van der Waals surface area contributed by atoms with Gasteiger partial charge < -0.3 is 5.32 Å². The summed E-state index contributed by atoms with van der Waals surface area (Å²) in [6, 6.07) is 5.57. The van der Waals surface area contributed by atoms with Gasteiger partial charge in [0.25, 0.3) is 0 Å². The van der Waals surface area contributed by atoms with Crippen molar-refractivity contribution < 1.29 is 9.59 Å². The normalized spacial score (nSPS) is 37.5. The largest absolute Gasteiger partial charge is 0.325 e. The Morgan fingerprint density at radius 3 is 2.68 bits per heavy atom. The van der Waals surface area contributed by atoms with E-state index in [9.17, 15) is 9.59 Å². The predicted octanol–water partition coefficient (Wildman–Crippen LogP) is 4.05. The number of hydrogen-bond acceptors (Lipinski definition) is 2. The number of carbonyl (C=O) groups is 2. The average Bonchev–Trinajstić information content (AvgIpc) is 2.90. The third-order valence-corrected chi connectivity index (χ3v) is 7.02. The van der Waals surface area contributed by atoms with E-state index in [2.05, 4.69) is 16.7 Å². The summed E-state index contributed by atoms with van der Waals surface area (Å²) in [6.45, 7) is 18.0. The van der Waals surface area contributed by atoms with E-state index in [1.807, 2.05) is 39.0 Å². The number of hydrogen-bond donors (Lipinski definition) is 1. The molecule has 1 amide bonds. The Labute approximate surface area is 148 Å². The Kier molecular flexibility index (Phi) is 2.96. The van der Waals surface area contributed by atoms with Gasteiger partial charge in [0.05, 0.1) is 16.9 Å². The zero-order valence-electron chi connectivity index (χ0n) is 14.8. The van der Waals surface area contributed by atoms with Crippen molar-refractivity contribution in [1.29, 1.82) is 0 Å². The fourth-order valence-corrected chi connectivity index (χ4v) is 5.48. The van der Waals surface area contributed by atoms with Crippen LogP contribution in [0.1, 0.15) is 50.7 Å². The highest BCUT2D eigenvalue weighted by Crippen LogP contribution is 2.64. The standard InChI is InChI=1S/C21H22N2O2/c1-6-20(4)11-10-13-17(24)21(20,22-5)12-8-7-9-14-15(12)16(18(25)23-14)19(13,2)3/h6-9,13,16H,1,10-11H2,2-4H3,(H,23,25). The number of Topliss-reactive ketones (excluding diaryl/α,β-unsaturated/α-hetero) is 1. The van der Waals surface area contributed by atoms with Crippen LogP contribution in [0.25, 0.3) is 4.85 Å². The van der Waals surface area contributed by atoms with E-state index in [-0.39, 0.29) is 17.6 Å². The lowest BCUT2D eigenvalue weighted by molar-refractivity contribution is -0.139. The zero-order valence-corrected chi connectivity index (χ0v) is 14.8. The molecule has 4 heteroatoms. The molecule has 0 spiro atoms. The second-order valence-electron chi connectivity index (χ2n) is 8.41. The van der Waals surface area contributed by atoms with Gasteiger partial charge in [0, 0.05) is 17.2 Å². The van der Waals surface area contributed by atoms with E-state index >= 15 is 0 Å². The first kappa shape index (κ1) is 16.1. The number of amides is 1. The first-order chi connectivity index (χ1) is 11.7. The van der Waals surface area contributed by atoms with Gasteiger partial charge in [-0.15, -0.1) is 6.58 Å². The molecule has 4 atom stereocenters. The number of ketones is 1. The Hall–Kier alpha value is -2.41. The van der Waals surface area contributed by atoms with Gasteiger partial charge in [-0.25, -0.2) is 6.57 Å². The predicted molar refractivity (Wildman–Crippen MR) is 95.9 cm³/mol. The van der Waals surface area contributed by atoms with Crippen LogP contribution in [0.3, 0.4) is 0 Å². The summed E-state index contributed by atoms with van der Waals surface area (Å²) in [5, 5.41) is 2.97. The number of nitrogens with zero attached hydrogens (tertiary/aromatic N) is 1. The number of carbonyl (C=O) groups excluding carboxylic acids is 2. The van der Waals surface area contributed by atoms with Gasteiger partial charge in [-0.2, -0.15) is 0 Å². The lowest BCUT2D eigenvalue weighted by Crippen LogP contribution is -2.55. The highest BCUT2D eigenvalue weighted by atomic mass is 16.2. The van der Waals surface area contributed by atoms with E-state index in [0.29, 0.717) is 12.0 Å². The molecule has 2 bridgehead atoms. The average molecular weight is 334 g/mol. The SMILES string of the molecule is [C-]#[N+]C12C(=O)C(CCC1(C)C=C)C(C)(C)C1C(=O)Nc3cccc2c31. The molecule has 1 aromatic rings. The topological polar surface area (TPSA) is 50.5 Å². The molecule has 1 aromatic carbocycles. The van der Waals surface area contributed by atoms with Crippen molar-refractivity contribution >= 4 is 17.4 Å². The summed E-state index contributed by atoms with van der Waals surface area (Å²) in [7, 11) is 0. The van der Waals surface area contributed by atoms with Crippen LogP contribution in [0.2, 0.25) is 0 Å². The Morgan fingerprint density at radius 2 is 2.04 bits per heavy atom. The fraction of sp³-hybridized carbons (Fsp3) is 0.476. The maximum Gasteiger partial charge on any atom is 0.323 e. The van der Waals surface area contributed by atoms with Crippen LogP contribution in [-0.2, 0) is 15.1 Å². The molecule has 0 radical (unpaired) electrons. The summed E-state index contributed by atoms with van der Waals surface area (Å²) >= 11 is 0. The lowest BCUT2D eigenvalue weighted by atomic mass is 9.54. The van der Waals surface area contributed by atoms with Crippen molar-refractivity contribution in [1.82, 2.24) is 0 Å². The van der Waals surface area contributed by atoms with Crippen molar-refractivity contribution in [3.8, 4) is 0 Å². The van der Waals surface area contributed by atoms with Gasteiger partial charge in [-0.3, -0.25) is 14.4 Å². The van der Waals surface area contributed by atoms with E-state index in [1.54, 1.807) is 6.08 Å². The highest BCUT2D eigenvalue weighted by Gasteiger charge is 2.71. The van der Waals surface area contributed by atoms with Crippen LogP contribution in [0.15, 0.2) is 30.9 Å². The molecule has 1 aliphatic heterocycles. The van der Waals surface area contributed by atoms with Crippen molar-refractivity contribution in [2.45, 2.75) is 45.1 Å². The Bertz CT molecular complexity index is 878. The molecule has 1 saturated carbocycles. The summed E-state index contributed by atoms with van der Waals surface area (Å²) < 4.78 is 0. The number of rotatable bonds is 1. The van der Waals surface area contributed by atoms with Crippen molar-refractivity contribution in [3.05, 3.63) is 53.4 Å². The Morgan fingerprint density at radius 1 is 1.32 bits per heavy atom. The van der Waals surface area contributed by atoms with Crippen molar-refractivity contribution in [3.63, 3.8) is 0 Å². The monoisotopic (exact) mass is 334 g/mol. The molecule has 4 rings (SSSR count). The number of nitrogens with one attached hydrogen (secondary N) is 1. The molecule has 4 nitrogen and oxygen atoms in total.